The minimum atomic E-state index is 0. The van der Waals surface area contributed by atoms with Gasteiger partial charge in [-0.2, -0.15) is 0 Å². The van der Waals surface area contributed by atoms with E-state index in [4.69, 9.17) is 32.7 Å². The summed E-state index contributed by atoms with van der Waals surface area (Å²) in [7, 11) is 1.84. The van der Waals surface area contributed by atoms with E-state index in [2.05, 4.69) is 20.8 Å². The van der Waals surface area contributed by atoms with E-state index in [0.717, 1.165) is 47.3 Å². The summed E-state index contributed by atoms with van der Waals surface area (Å²) >= 11 is 13.8. The van der Waals surface area contributed by atoms with Crippen LogP contribution in [0.3, 0.4) is 0 Å². The molecule has 7 nitrogen and oxygen atoms in total. The topological polar surface area (TPSA) is 74.1 Å². The summed E-state index contributed by atoms with van der Waals surface area (Å²) in [6, 6.07) is 11.4. The van der Waals surface area contributed by atoms with Crippen molar-refractivity contribution in [3.05, 3.63) is 57.6 Å². The van der Waals surface area contributed by atoms with Crippen LogP contribution in [0.5, 0.6) is 11.5 Å². The van der Waals surface area contributed by atoms with Crippen LogP contribution in [0, 0.1) is 0 Å². The lowest BCUT2D eigenvalue weighted by Crippen LogP contribution is -2.15. The summed E-state index contributed by atoms with van der Waals surface area (Å²) in [4.78, 5) is 0. The molecule has 0 saturated carbocycles. The third kappa shape index (κ3) is 8.01. The first kappa shape index (κ1) is 26.5. The van der Waals surface area contributed by atoms with Gasteiger partial charge in [-0.05, 0) is 60.1 Å². The monoisotopic (exact) mass is 517 g/mol. The predicted molar refractivity (Wildman–Crippen MR) is 131 cm³/mol. The zero-order valence-electron chi connectivity index (χ0n) is 17.9. The average Bonchev–Trinajstić information content (AvgIpc) is 3.16. The molecule has 1 N–H and O–H groups in total. The highest BCUT2D eigenvalue weighted by Crippen LogP contribution is 2.30. The Bertz CT molecular complexity index is 990. The maximum absolute atomic E-state index is 6.24. The highest BCUT2D eigenvalue weighted by molar-refractivity contribution is 7.99. The van der Waals surface area contributed by atoms with Crippen LogP contribution < -0.4 is 14.8 Å². The first-order chi connectivity index (χ1) is 15.1. The Kier molecular flexibility index (Phi) is 11.4. The minimum absolute atomic E-state index is 0. The second kappa shape index (κ2) is 13.7. The van der Waals surface area contributed by atoms with Gasteiger partial charge in [0.1, 0.15) is 6.61 Å². The lowest BCUT2D eigenvalue weighted by Gasteiger charge is -2.14. The molecule has 0 spiro atoms. The molecular formula is C21H26Cl3N5O2S. The molecule has 0 atom stereocenters. The smallest absolute Gasteiger partial charge is 0.209 e. The van der Waals surface area contributed by atoms with Crippen LogP contribution in [0.1, 0.15) is 24.5 Å². The maximum Gasteiger partial charge on any atom is 0.209 e. The minimum Gasteiger partial charge on any atom is -0.490 e. The Morgan fingerprint density at radius 3 is 2.66 bits per heavy atom. The molecule has 2 aromatic carbocycles. The van der Waals surface area contributed by atoms with E-state index in [-0.39, 0.29) is 12.4 Å². The fraction of sp³-hybridized carbons (Fsp3) is 0.381. The SMILES string of the molecule is CCOc1cc(CNCCCSc2nnnn2C)ccc1OCc1ccc(Cl)cc1Cl.Cl. The summed E-state index contributed by atoms with van der Waals surface area (Å²) in [5.74, 6) is 2.35. The fourth-order valence-corrected chi connectivity index (χ4v) is 4.03. The van der Waals surface area contributed by atoms with Gasteiger partial charge in [0, 0.05) is 35.0 Å². The summed E-state index contributed by atoms with van der Waals surface area (Å²) in [5.41, 5.74) is 2.00. The van der Waals surface area contributed by atoms with Crippen LogP contribution in [0.25, 0.3) is 0 Å². The van der Waals surface area contributed by atoms with E-state index in [9.17, 15) is 0 Å². The molecule has 0 aliphatic carbocycles. The standard InChI is InChI=1S/C21H25Cl2N5O2S.ClH/c1-3-29-20-11-15(13-24-9-4-10-31-21-25-26-27-28(21)2)5-8-19(20)30-14-16-6-7-17(22)12-18(16)23;/h5-8,11-12,24H,3-4,9-10,13-14H2,1-2H3;1H. The van der Waals surface area contributed by atoms with Crippen molar-refractivity contribution in [1.29, 1.82) is 0 Å². The van der Waals surface area contributed by atoms with E-state index in [1.165, 1.54) is 0 Å². The molecule has 0 aliphatic rings. The lowest BCUT2D eigenvalue weighted by atomic mass is 10.2. The average molecular weight is 519 g/mol. The fourth-order valence-electron chi connectivity index (χ4n) is 2.78. The summed E-state index contributed by atoms with van der Waals surface area (Å²) in [6.45, 7) is 4.50. The molecule has 3 rings (SSSR count). The van der Waals surface area contributed by atoms with Crippen molar-refractivity contribution < 1.29 is 9.47 Å². The van der Waals surface area contributed by atoms with Crippen molar-refractivity contribution in [2.45, 2.75) is 31.7 Å². The Hall–Kier alpha value is -1.71. The molecule has 1 aromatic heterocycles. The van der Waals surface area contributed by atoms with Gasteiger partial charge in [-0.15, -0.1) is 17.5 Å². The van der Waals surface area contributed by atoms with Gasteiger partial charge in [0.25, 0.3) is 0 Å². The maximum atomic E-state index is 6.24. The lowest BCUT2D eigenvalue weighted by molar-refractivity contribution is 0.269. The first-order valence-corrected chi connectivity index (χ1v) is 11.7. The largest absolute Gasteiger partial charge is 0.490 e. The molecule has 0 bridgehead atoms. The first-order valence-electron chi connectivity index (χ1n) is 9.95. The van der Waals surface area contributed by atoms with Crippen LogP contribution in [0.2, 0.25) is 10.0 Å². The van der Waals surface area contributed by atoms with Gasteiger partial charge in [0.2, 0.25) is 5.16 Å². The van der Waals surface area contributed by atoms with Crippen molar-refractivity contribution in [2.75, 3.05) is 18.9 Å². The van der Waals surface area contributed by atoms with E-state index < -0.39 is 0 Å². The van der Waals surface area contributed by atoms with Gasteiger partial charge in [-0.3, -0.25) is 0 Å². The highest BCUT2D eigenvalue weighted by atomic mass is 35.5. The molecule has 0 fully saturated rings. The molecule has 1 heterocycles. The molecule has 32 heavy (non-hydrogen) atoms. The van der Waals surface area contributed by atoms with Gasteiger partial charge in [-0.25, -0.2) is 4.68 Å². The van der Waals surface area contributed by atoms with Crippen LogP contribution in [-0.2, 0) is 20.2 Å². The Balaban J connectivity index is 0.00000363. The molecule has 174 valence electrons. The van der Waals surface area contributed by atoms with Crippen LogP contribution in [0.15, 0.2) is 41.6 Å². The molecule has 0 unspecified atom stereocenters. The van der Waals surface area contributed by atoms with E-state index in [0.29, 0.717) is 29.0 Å². The number of nitrogens with zero attached hydrogens (tertiary/aromatic N) is 4. The number of aryl methyl sites for hydroxylation is 1. The number of aromatic nitrogens is 4. The molecular weight excluding hydrogens is 493 g/mol. The van der Waals surface area contributed by atoms with Crippen LogP contribution >= 0.6 is 47.4 Å². The number of halogens is 3. The molecule has 0 aliphatic heterocycles. The number of hydrogen-bond donors (Lipinski definition) is 1. The summed E-state index contributed by atoms with van der Waals surface area (Å²) in [5, 5.41) is 16.9. The number of rotatable bonds is 12. The quantitative estimate of drug-likeness (QED) is 0.261. The van der Waals surface area contributed by atoms with Crippen molar-refractivity contribution >= 4 is 47.4 Å². The van der Waals surface area contributed by atoms with Crippen molar-refractivity contribution in [2.24, 2.45) is 7.05 Å². The van der Waals surface area contributed by atoms with Gasteiger partial charge in [-0.1, -0.05) is 47.1 Å². The second-order valence-electron chi connectivity index (χ2n) is 6.70. The highest BCUT2D eigenvalue weighted by Gasteiger charge is 2.09. The van der Waals surface area contributed by atoms with Crippen LogP contribution in [0.4, 0.5) is 0 Å². The normalized spacial score (nSPS) is 10.6. The van der Waals surface area contributed by atoms with E-state index >= 15 is 0 Å². The summed E-state index contributed by atoms with van der Waals surface area (Å²) in [6.07, 6.45) is 1.01. The number of thioether (sulfide) groups is 1. The second-order valence-corrected chi connectivity index (χ2v) is 8.61. The van der Waals surface area contributed by atoms with Crippen molar-refractivity contribution in [1.82, 2.24) is 25.5 Å². The zero-order valence-corrected chi connectivity index (χ0v) is 21.0. The van der Waals surface area contributed by atoms with Gasteiger partial charge in [0.05, 0.1) is 6.61 Å². The Morgan fingerprint density at radius 1 is 1.09 bits per heavy atom. The number of hydrogen-bond acceptors (Lipinski definition) is 7. The van der Waals surface area contributed by atoms with Crippen molar-refractivity contribution in [3.63, 3.8) is 0 Å². The number of tetrazole rings is 1. The molecule has 0 radical (unpaired) electrons. The third-order valence-corrected chi connectivity index (χ3v) is 6.03. The summed E-state index contributed by atoms with van der Waals surface area (Å²) < 4.78 is 13.4. The molecule has 0 amide bonds. The van der Waals surface area contributed by atoms with Gasteiger partial charge < -0.3 is 14.8 Å². The molecule has 0 saturated heterocycles. The molecule has 3 aromatic rings. The third-order valence-electron chi connectivity index (χ3n) is 4.35. The van der Waals surface area contributed by atoms with E-state index in [1.54, 1.807) is 28.6 Å². The Morgan fingerprint density at radius 2 is 1.94 bits per heavy atom. The Labute approximate surface area is 208 Å². The number of benzene rings is 2. The number of ether oxygens (including phenoxy) is 2. The van der Waals surface area contributed by atoms with Gasteiger partial charge in [0.15, 0.2) is 11.5 Å². The molecule has 11 heteroatoms. The van der Waals surface area contributed by atoms with E-state index in [1.807, 2.05) is 38.2 Å². The van der Waals surface area contributed by atoms with Gasteiger partial charge >= 0.3 is 0 Å². The predicted octanol–water partition coefficient (Wildman–Crippen LogP) is 5.19. The van der Waals surface area contributed by atoms with Crippen LogP contribution in [-0.4, -0.2) is 39.1 Å². The zero-order chi connectivity index (χ0) is 22.1. The number of nitrogens with one attached hydrogen (secondary N) is 1. The van der Waals surface area contributed by atoms with Crippen molar-refractivity contribution in [3.8, 4) is 11.5 Å².